The van der Waals surface area contributed by atoms with Crippen molar-refractivity contribution in [2.24, 2.45) is 11.7 Å². The minimum Gasteiger partial charge on any atom is -0.393 e. The van der Waals surface area contributed by atoms with Gasteiger partial charge in [-0.25, -0.2) is 0 Å². The number of thiocarbonyl (C=S) groups is 1. The molecule has 0 aromatic rings. The minimum atomic E-state index is 0.235. The molecule has 1 rings (SSSR count). The lowest BCUT2D eigenvalue weighted by Gasteiger charge is -2.32. The molecule has 1 saturated heterocycles. The minimum absolute atomic E-state index is 0.235. The summed E-state index contributed by atoms with van der Waals surface area (Å²) in [6.07, 6.45) is 7.36. The molecule has 0 spiro atoms. The fourth-order valence-corrected chi connectivity index (χ4v) is 2.49. The first-order valence-corrected chi connectivity index (χ1v) is 7.13. The number of nitrogens with two attached hydrogens (primary N) is 1. The van der Waals surface area contributed by atoms with Crippen molar-refractivity contribution < 1.29 is 4.79 Å². The molecular weight excluding hydrogens is 232 g/mol. The van der Waals surface area contributed by atoms with Gasteiger partial charge in [0.15, 0.2) is 0 Å². The quantitative estimate of drug-likeness (QED) is 0.586. The van der Waals surface area contributed by atoms with Crippen LogP contribution in [-0.4, -0.2) is 28.9 Å². The zero-order valence-corrected chi connectivity index (χ0v) is 11.6. The van der Waals surface area contributed by atoms with Gasteiger partial charge in [-0.15, -0.1) is 0 Å². The zero-order valence-electron chi connectivity index (χ0n) is 10.8. The van der Waals surface area contributed by atoms with Crippen LogP contribution in [0, 0.1) is 5.92 Å². The second-order valence-corrected chi connectivity index (χ2v) is 5.36. The number of carbonyl (C=O) groups excluding carboxylic acids is 1. The smallest absolute Gasteiger partial charge is 0.222 e. The van der Waals surface area contributed by atoms with Crippen LogP contribution >= 0.6 is 12.2 Å². The van der Waals surface area contributed by atoms with Crippen LogP contribution in [0.4, 0.5) is 0 Å². The Bertz CT molecular complexity index is 268. The van der Waals surface area contributed by atoms with Gasteiger partial charge in [0, 0.05) is 25.4 Å². The molecule has 1 aliphatic rings. The predicted octanol–water partition coefficient (Wildman–Crippen LogP) is 2.48. The van der Waals surface area contributed by atoms with Gasteiger partial charge >= 0.3 is 0 Å². The first-order chi connectivity index (χ1) is 8.15. The monoisotopic (exact) mass is 256 g/mol. The Balaban J connectivity index is 2.28. The third-order valence-electron chi connectivity index (χ3n) is 3.42. The van der Waals surface area contributed by atoms with E-state index >= 15 is 0 Å². The summed E-state index contributed by atoms with van der Waals surface area (Å²) in [5, 5.41) is 0. The van der Waals surface area contributed by atoms with E-state index in [0.29, 0.717) is 11.4 Å². The van der Waals surface area contributed by atoms with E-state index in [2.05, 4.69) is 6.92 Å². The number of likely N-dealkylation sites (tertiary alicyclic amines) is 1. The standard InChI is InChI=1S/C13H24N2OS/c1-2-3-4-5-8-12(16)15-9-6-7-11(10-15)13(14)17/h11H,2-10H2,1H3,(H2,14,17). The van der Waals surface area contributed by atoms with Crippen LogP contribution in [0.2, 0.25) is 0 Å². The van der Waals surface area contributed by atoms with Crippen LogP contribution in [0.15, 0.2) is 0 Å². The summed E-state index contributed by atoms with van der Waals surface area (Å²) in [4.78, 5) is 14.5. The molecule has 1 atom stereocenters. The molecule has 17 heavy (non-hydrogen) atoms. The molecule has 0 radical (unpaired) electrons. The Morgan fingerprint density at radius 3 is 2.82 bits per heavy atom. The van der Waals surface area contributed by atoms with E-state index in [1.807, 2.05) is 4.90 Å². The molecule has 0 bridgehead atoms. The SMILES string of the molecule is CCCCCCC(=O)N1CCCC(C(N)=S)C1. The Labute approximate surface area is 110 Å². The maximum Gasteiger partial charge on any atom is 0.222 e. The van der Waals surface area contributed by atoms with Crippen molar-refractivity contribution in [2.45, 2.75) is 51.9 Å². The lowest BCUT2D eigenvalue weighted by Crippen LogP contribution is -2.43. The molecule has 1 aliphatic heterocycles. The van der Waals surface area contributed by atoms with E-state index in [-0.39, 0.29) is 11.8 Å². The molecule has 2 N–H and O–H groups in total. The van der Waals surface area contributed by atoms with Gasteiger partial charge in [-0.2, -0.15) is 0 Å². The summed E-state index contributed by atoms with van der Waals surface area (Å²) in [5.74, 6) is 0.514. The second kappa shape index (κ2) is 7.64. The van der Waals surface area contributed by atoms with Crippen molar-refractivity contribution in [3.05, 3.63) is 0 Å². The van der Waals surface area contributed by atoms with Crippen molar-refractivity contribution in [1.82, 2.24) is 4.90 Å². The molecule has 0 saturated carbocycles. The molecular formula is C13H24N2OS. The second-order valence-electron chi connectivity index (χ2n) is 4.89. The summed E-state index contributed by atoms with van der Waals surface area (Å²) in [6.45, 7) is 3.80. The summed E-state index contributed by atoms with van der Waals surface area (Å²) in [6, 6.07) is 0. The fraction of sp³-hybridized carbons (Fsp3) is 0.846. The summed E-state index contributed by atoms with van der Waals surface area (Å²) in [5.41, 5.74) is 5.66. The lowest BCUT2D eigenvalue weighted by molar-refractivity contribution is -0.132. The molecule has 1 heterocycles. The Morgan fingerprint density at radius 1 is 1.41 bits per heavy atom. The normalized spacial score (nSPS) is 20.3. The maximum atomic E-state index is 12.0. The molecule has 0 aromatic heterocycles. The highest BCUT2D eigenvalue weighted by molar-refractivity contribution is 7.80. The largest absolute Gasteiger partial charge is 0.393 e. The van der Waals surface area contributed by atoms with Crippen molar-refractivity contribution in [3.8, 4) is 0 Å². The van der Waals surface area contributed by atoms with Crippen molar-refractivity contribution in [3.63, 3.8) is 0 Å². The Kier molecular flexibility index (Phi) is 6.48. The first kappa shape index (κ1) is 14.4. The van der Waals surface area contributed by atoms with Gasteiger partial charge in [-0.1, -0.05) is 38.4 Å². The highest BCUT2D eigenvalue weighted by atomic mass is 32.1. The molecule has 1 unspecified atom stereocenters. The number of unbranched alkanes of at least 4 members (excludes halogenated alkanes) is 3. The van der Waals surface area contributed by atoms with E-state index < -0.39 is 0 Å². The number of rotatable bonds is 6. The highest BCUT2D eigenvalue weighted by Gasteiger charge is 2.24. The topological polar surface area (TPSA) is 46.3 Å². The number of amides is 1. The zero-order chi connectivity index (χ0) is 12.7. The molecule has 98 valence electrons. The summed E-state index contributed by atoms with van der Waals surface area (Å²) in [7, 11) is 0. The van der Waals surface area contributed by atoms with Crippen molar-refractivity contribution >= 4 is 23.1 Å². The molecule has 1 fully saturated rings. The van der Waals surface area contributed by atoms with E-state index in [1.165, 1.54) is 12.8 Å². The predicted molar refractivity (Wildman–Crippen MR) is 74.8 cm³/mol. The number of carbonyl (C=O) groups is 1. The highest BCUT2D eigenvalue weighted by Crippen LogP contribution is 2.18. The van der Waals surface area contributed by atoms with Crippen molar-refractivity contribution in [2.75, 3.05) is 13.1 Å². The molecule has 0 aromatic carbocycles. The van der Waals surface area contributed by atoms with Gasteiger partial charge in [-0.3, -0.25) is 4.79 Å². The fourth-order valence-electron chi connectivity index (χ4n) is 2.30. The summed E-state index contributed by atoms with van der Waals surface area (Å²) >= 11 is 5.02. The van der Waals surface area contributed by atoms with Crippen LogP contribution in [0.25, 0.3) is 0 Å². The Morgan fingerprint density at radius 2 is 2.18 bits per heavy atom. The van der Waals surface area contributed by atoms with E-state index in [9.17, 15) is 4.79 Å². The van der Waals surface area contributed by atoms with E-state index in [4.69, 9.17) is 18.0 Å². The average molecular weight is 256 g/mol. The van der Waals surface area contributed by atoms with Crippen LogP contribution in [0.1, 0.15) is 51.9 Å². The first-order valence-electron chi connectivity index (χ1n) is 6.72. The van der Waals surface area contributed by atoms with Crippen LogP contribution in [0.5, 0.6) is 0 Å². The van der Waals surface area contributed by atoms with Gasteiger partial charge in [0.05, 0.1) is 4.99 Å². The van der Waals surface area contributed by atoms with Crippen LogP contribution in [0.3, 0.4) is 0 Å². The van der Waals surface area contributed by atoms with Crippen LogP contribution < -0.4 is 5.73 Å². The van der Waals surface area contributed by atoms with Gasteiger partial charge in [0.25, 0.3) is 0 Å². The number of nitrogens with zero attached hydrogens (tertiary/aromatic N) is 1. The van der Waals surface area contributed by atoms with Gasteiger partial charge in [-0.05, 0) is 19.3 Å². The maximum absolute atomic E-state index is 12.0. The molecule has 0 aliphatic carbocycles. The van der Waals surface area contributed by atoms with Gasteiger partial charge < -0.3 is 10.6 Å². The average Bonchev–Trinajstić information content (AvgIpc) is 2.34. The third kappa shape index (κ3) is 5.02. The molecule has 3 nitrogen and oxygen atoms in total. The number of piperidine rings is 1. The third-order valence-corrected chi connectivity index (χ3v) is 3.75. The number of hydrogen-bond donors (Lipinski definition) is 1. The van der Waals surface area contributed by atoms with Gasteiger partial charge in [0.2, 0.25) is 5.91 Å². The molecule has 4 heteroatoms. The van der Waals surface area contributed by atoms with Crippen LogP contribution in [-0.2, 0) is 4.79 Å². The summed E-state index contributed by atoms with van der Waals surface area (Å²) < 4.78 is 0. The number of hydrogen-bond acceptors (Lipinski definition) is 2. The van der Waals surface area contributed by atoms with Crippen molar-refractivity contribution in [1.29, 1.82) is 0 Å². The van der Waals surface area contributed by atoms with Gasteiger partial charge in [0.1, 0.15) is 0 Å². The lowest BCUT2D eigenvalue weighted by atomic mass is 9.97. The Hall–Kier alpha value is -0.640. The molecule has 1 amide bonds. The van der Waals surface area contributed by atoms with E-state index in [1.54, 1.807) is 0 Å². The van der Waals surface area contributed by atoms with E-state index in [0.717, 1.165) is 38.8 Å².